The molecule has 1 aliphatic heterocycles. The fourth-order valence-electron chi connectivity index (χ4n) is 3.92. The van der Waals surface area contributed by atoms with Crippen molar-refractivity contribution >= 4 is 32.9 Å². The highest BCUT2D eigenvalue weighted by atomic mass is 79.9. The van der Waals surface area contributed by atoms with Crippen LogP contribution in [0.25, 0.3) is 16.8 Å². The molecule has 8 heteroatoms. The van der Waals surface area contributed by atoms with Gasteiger partial charge in [-0.1, -0.05) is 39.3 Å². The Morgan fingerprint density at radius 3 is 2.70 bits per heavy atom. The molecule has 5 rings (SSSR count). The number of para-hydroxylation sites is 2. The van der Waals surface area contributed by atoms with E-state index in [0.29, 0.717) is 18.8 Å². The maximum Gasteiger partial charge on any atom is 0.276 e. The third kappa shape index (κ3) is 3.41. The van der Waals surface area contributed by atoms with Gasteiger partial charge in [-0.25, -0.2) is 9.67 Å². The lowest BCUT2D eigenvalue weighted by molar-refractivity contribution is 0.0700. The molecule has 1 fully saturated rings. The van der Waals surface area contributed by atoms with Crippen molar-refractivity contribution in [1.82, 2.24) is 24.9 Å². The molecule has 0 bridgehead atoms. The topological polar surface area (TPSA) is 77.1 Å². The van der Waals surface area contributed by atoms with Crippen molar-refractivity contribution in [2.45, 2.75) is 25.7 Å². The molecule has 1 saturated heterocycles. The van der Waals surface area contributed by atoms with Gasteiger partial charge in [-0.2, -0.15) is 0 Å². The number of benzene rings is 2. The maximum absolute atomic E-state index is 13.1. The first-order chi connectivity index (χ1) is 14.6. The number of carbonyl (C=O) groups excluding carboxylic acids is 1. The first kappa shape index (κ1) is 19.0. The number of fused-ring (bicyclic) bond motifs is 1. The minimum absolute atomic E-state index is 0.0789. The number of piperidine rings is 1. The number of amides is 1. The molecule has 0 radical (unpaired) electrons. The van der Waals surface area contributed by atoms with Crippen molar-refractivity contribution < 1.29 is 9.21 Å². The number of rotatable bonds is 3. The Bertz CT molecular complexity index is 1190. The van der Waals surface area contributed by atoms with Gasteiger partial charge in [0.2, 0.25) is 0 Å². The Morgan fingerprint density at radius 2 is 1.93 bits per heavy atom. The molecule has 0 spiro atoms. The van der Waals surface area contributed by atoms with Gasteiger partial charge < -0.3 is 9.32 Å². The first-order valence-corrected chi connectivity index (χ1v) is 10.7. The summed E-state index contributed by atoms with van der Waals surface area (Å²) in [6.45, 7) is 3.16. The quantitative estimate of drug-likeness (QED) is 0.445. The van der Waals surface area contributed by atoms with Crippen molar-refractivity contribution in [3.63, 3.8) is 0 Å². The minimum Gasteiger partial charge on any atom is -0.440 e. The summed E-state index contributed by atoms with van der Waals surface area (Å²) < 4.78 is 8.57. The van der Waals surface area contributed by atoms with Crippen LogP contribution in [0.2, 0.25) is 0 Å². The zero-order valence-electron chi connectivity index (χ0n) is 16.5. The zero-order chi connectivity index (χ0) is 20.7. The highest BCUT2D eigenvalue weighted by Gasteiger charge is 2.30. The Kier molecular flexibility index (Phi) is 4.86. The largest absolute Gasteiger partial charge is 0.440 e. The number of hydrogen-bond donors (Lipinski definition) is 0. The second-order valence-electron chi connectivity index (χ2n) is 7.50. The van der Waals surface area contributed by atoms with Gasteiger partial charge in [0, 0.05) is 23.5 Å². The molecule has 0 unspecified atom stereocenters. The van der Waals surface area contributed by atoms with Crippen LogP contribution >= 0.6 is 15.9 Å². The summed E-state index contributed by atoms with van der Waals surface area (Å²) in [4.78, 5) is 19.5. The highest BCUT2D eigenvalue weighted by molar-refractivity contribution is 9.10. The normalized spacial score (nSPS) is 15.1. The lowest BCUT2D eigenvalue weighted by Crippen LogP contribution is -2.38. The lowest BCUT2D eigenvalue weighted by Gasteiger charge is -2.30. The third-order valence-electron chi connectivity index (χ3n) is 5.59. The number of hydrogen-bond acceptors (Lipinski definition) is 5. The Morgan fingerprint density at radius 1 is 1.13 bits per heavy atom. The summed E-state index contributed by atoms with van der Waals surface area (Å²) in [5, 5.41) is 8.38. The standard InChI is InChI=1S/C22H20BrN5O2/c1-14-20(25-26-28(14)17-6-4-5-16(23)13-17)22(29)27-11-9-15(10-12-27)21-24-18-7-2-3-8-19(18)30-21/h2-8,13,15H,9-12H2,1H3. The van der Waals surface area contributed by atoms with E-state index in [-0.39, 0.29) is 11.8 Å². The van der Waals surface area contributed by atoms with Crippen molar-refractivity contribution in [2.75, 3.05) is 13.1 Å². The average Bonchev–Trinajstić information content (AvgIpc) is 3.37. The molecular formula is C22H20BrN5O2. The molecule has 1 amide bonds. The monoisotopic (exact) mass is 465 g/mol. The summed E-state index contributed by atoms with van der Waals surface area (Å²) in [6.07, 6.45) is 1.63. The highest BCUT2D eigenvalue weighted by Crippen LogP contribution is 2.30. The van der Waals surface area contributed by atoms with Gasteiger partial charge in [0.05, 0.1) is 11.4 Å². The average molecular weight is 466 g/mol. The summed E-state index contributed by atoms with van der Waals surface area (Å²) in [5.41, 5.74) is 3.69. The molecule has 3 heterocycles. The van der Waals surface area contributed by atoms with E-state index in [9.17, 15) is 4.79 Å². The molecule has 0 N–H and O–H groups in total. The number of halogens is 1. The fraction of sp³-hybridized carbons (Fsp3) is 0.273. The zero-order valence-corrected chi connectivity index (χ0v) is 18.0. The van der Waals surface area contributed by atoms with Crippen LogP contribution in [0.5, 0.6) is 0 Å². The maximum atomic E-state index is 13.1. The fourth-order valence-corrected chi connectivity index (χ4v) is 4.31. The number of oxazole rings is 1. The Labute approximate surface area is 181 Å². The van der Waals surface area contributed by atoms with E-state index in [2.05, 4.69) is 31.2 Å². The lowest BCUT2D eigenvalue weighted by atomic mass is 9.96. The Hall–Kier alpha value is -3.00. The van der Waals surface area contributed by atoms with E-state index in [1.54, 1.807) is 4.68 Å². The first-order valence-electron chi connectivity index (χ1n) is 9.93. The van der Waals surface area contributed by atoms with Gasteiger partial charge >= 0.3 is 0 Å². The predicted octanol–water partition coefficient (Wildman–Crippen LogP) is 4.50. The molecule has 7 nitrogen and oxygen atoms in total. The molecule has 4 aromatic rings. The SMILES string of the molecule is Cc1c(C(=O)N2CCC(c3nc4ccccc4o3)CC2)nnn1-c1cccc(Br)c1. The van der Waals surface area contributed by atoms with Gasteiger partial charge in [-0.15, -0.1) is 5.10 Å². The van der Waals surface area contributed by atoms with Crippen LogP contribution in [0.4, 0.5) is 0 Å². The van der Waals surface area contributed by atoms with Crippen molar-refractivity contribution in [1.29, 1.82) is 0 Å². The van der Waals surface area contributed by atoms with Crippen LogP contribution in [0.15, 0.2) is 57.4 Å². The number of aromatic nitrogens is 4. The van der Waals surface area contributed by atoms with Crippen molar-refractivity contribution in [3.05, 3.63) is 70.3 Å². The van der Waals surface area contributed by atoms with E-state index in [1.165, 1.54) is 0 Å². The Balaban J connectivity index is 1.30. The van der Waals surface area contributed by atoms with E-state index in [1.807, 2.05) is 60.4 Å². The van der Waals surface area contributed by atoms with E-state index in [4.69, 9.17) is 4.42 Å². The summed E-state index contributed by atoms with van der Waals surface area (Å²) in [6, 6.07) is 15.6. The van der Waals surface area contributed by atoms with Crippen LogP contribution in [-0.2, 0) is 0 Å². The van der Waals surface area contributed by atoms with Gasteiger partial charge in [-0.3, -0.25) is 4.79 Å². The van der Waals surface area contributed by atoms with Gasteiger partial charge in [0.25, 0.3) is 5.91 Å². The van der Waals surface area contributed by atoms with Crippen LogP contribution < -0.4 is 0 Å². The second-order valence-corrected chi connectivity index (χ2v) is 8.42. The van der Waals surface area contributed by atoms with Crippen molar-refractivity contribution in [3.8, 4) is 5.69 Å². The second kappa shape index (κ2) is 7.68. The molecule has 2 aromatic carbocycles. The molecule has 2 aromatic heterocycles. The third-order valence-corrected chi connectivity index (χ3v) is 6.09. The number of carbonyl (C=O) groups is 1. The molecule has 152 valence electrons. The van der Waals surface area contributed by atoms with Crippen LogP contribution in [0.3, 0.4) is 0 Å². The molecule has 30 heavy (non-hydrogen) atoms. The summed E-state index contributed by atoms with van der Waals surface area (Å²) in [7, 11) is 0. The van der Waals surface area contributed by atoms with E-state index >= 15 is 0 Å². The van der Waals surface area contributed by atoms with Gasteiger partial charge in [0.1, 0.15) is 5.52 Å². The van der Waals surface area contributed by atoms with Gasteiger partial charge in [0.15, 0.2) is 17.2 Å². The van der Waals surface area contributed by atoms with Crippen LogP contribution in [0, 0.1) is 6.92 Å². The molecule has 0 atom stereocenters. The minimum atomic E-state index is -0.0789. The smallest absolute Gasteiger partial charge is 0.276 e. The number of nitrogens with zero attached hydrogens (tertiary/aromatic N) is 5. The summed E-state index contributed by atoms with van der Waals surface area (Å²) in [5.74, 6) is 0.907. The van der Waals surface area contributed by atoms with E-state index in [0.717, 1.165) is 45.7 Å². The van der Waals surface area contributed by atoms with Crippen LogP contribution in [0.1, 0.15) is 40.8 Å². The molecular weight excluding hydrogens is 446 g/mol. The number of likely N-dealkylation sites (tertiary alicyclic amines) is 1. The van der Waals surface area contributed by atoms with Crippen LogP contribution in [-0.4, -0.2) is 43.9 Å². The van der Waals surface area contributed by atoms with Crippen molar-refractivity contribution in [2.24, 2.45) is 0 Å². The summed E-state index contributed by atoms with van der Waals surface area (Å²) >= 11 is 3.47. The van der Waals surface area contributed by atoms with Gasteiger partial charge in [-0.05, 0) is 50.1 Å². The predicted molar refractivity (Wildman–Crippen MR) is 116 cm³/mol. The molecule has 1 aliphatic rings. The molecule has 0 aliphatic carbocycles. The molecule has 0 saturated carbocycles. The van der Waals surface area contributed by atoms with E-state index < -0.39 is 0 Å².